The van der Waals surface area contributed by atoms with E-state index in [1.807, 2.05) is 11.0 Å². The van der Waals surface area contributed by atoms with Crippen LogP contribution in [0.15, 0.2) is 59.6 Å². The highest BCUT2D eigenvalue weighted by atomic mass is 32.2. The van der Waals surface area contributed by atoms with Crippen LogP contribution in [0.4, 0.5) is 0 Å². The minimum atomic E-state index is -3.54. The number of para-hydroxylation sites is 1. The molecule has 180 valence electrons. The Labute approximate surface area is 202 Å². The molecule has 2 unspecified atom stereocenters. The standard InChI is InChI=1S/C27H33N3O3S/c1-19-15-20(2)18-30(17-19)34(32,33)23-9-7-22(8-10-23)27(31)29-13-11-21(12-14-29)25-16-28-26-6-4-3-5-24(25)26/h3-10,16,19-21,28H,11-15,17-18H2,1-2H3. The van der Waals surface area contributed by atoms with E-state index in [1.54, 1.807) is 28.6 Å². The first-order chi connectivity index (χ1) is 16.3. The van der Waals surface area contributed by atoms with E-state index in [0.29, 0.717) is 49.5 Å². The lowest BCUT2D eigenvalue weighted by atomic mass is 9.89. The number of likely N-dealkylation sites (tertiary alicyclic amines) is 1. The molecule has 2 fully saturated rings. The molecule has 2 aliphatic rings. The van der Waals surface area contributed by atoms with Gasteiger partial charge in [0.2, 0.25) is 10.0 Å². The van der Waals surface area contributed by atoms with Gasteiger partial charge in [0.25, 0.3) is 5.91 Å². The molecular weight excluding hydrogens is 446 g/mol. The van der Waals surface area contributed by atoms with E-state index in [1.165, 1.54) is 10.9 Å². The first kappa shape index (κ1) is 23.1. The lowest BCUT2D eigenvalue weighted by molar-refractivity contribution is 0.0713. The van der Waals surface area contributed by atoms with Crippen LogP contribution in [0.25, 0.3) is 10.9 Å². The molecule has 3 heterocycles. The zero-order valence-corrected chi connectivity index (χ0v) is 20.7. The van der Waals surface area contributed by atoms with Gasteiger partial charge in [-0.05, 0) is 72.9 Å². The monoisotopic (exact) mass is 479 g/mol. The fourth-order valence-electron chi connectivity index (χ4n) is 5.73. The Balaban J connectivity index is 1.24. The highest BCUT2D eigenvalue weighted by Crippen LogP contribution is 2.33. The number of aromatic amines is 1. The maximum atomic E-state index is 13.1. The van der Waals surface area contributed by atoms with Gasteiger partial charge in [0.1, 0.15) is 0 Å². The van der Waals surface area contributed by atoms with Crippen molar-refractivity contribution in [1.82, 2.24) is 14.2 Å². The number of hydrogen-bond acceptors (Lipinski definition) is 3. The van der Waals surface area contributed by atoms with E-state index < -0.39 is 10.0 Å². The van der Waals surface area contributed by atoms with Gasteiger partial charge in [-0.2, -0.15) is 4.31 Å². The summed E-state index contributed by atoms with van der Waals surface area (Å²) in [5.41, 5.74) is 3.03. The first-order valence-electron chi connectivity index (χ1n) is 12.3. The number of hydrogen-bond donors (Lipinski definition) is 1. The van der Waals surface area contributed by atoms with Crippen LogP contribution in [-0.4, -0.2) is 54.7 Å². The van der Waals surface area contributed by atoms with Gasteiger partial charge in [0, 0.05) is 48.8 Å². The quantitative estimate of drug-likeness (QED) is 0.581. The highest BCUT2D eigenvalue weighted by Gasteiger charge is 2.32. The predicted molar refractivity (Wildman–Crippen MR) is 134 cm³/mol. The van der Waals surface area contributed by atoms with Crippen molar-refractivity contribution in [1.29, 1.82) is 0 Å². The van der Waals surface area contributed by atoms with Crippen LogP contribution in [0.3, 0.4) is 0 Å². The van der Waals surface area contributed by atoms with Crippen molar-refractivity contribution in [2.45, 2.75) is 43.9 Å². The van der Waals surface area contributed by atoms with Crippen molar-refractivity contribution < 1.29 is 13.2 Å². The lowest BCUT2D eigenvalue weighted by Crippen LogP contribution is -2.42. The second-order valence-corrected chi connectivity index (χ2v) is 12.1. The fourth-order valence-corrected chi connectivity index (χ4v) is 7.41. The topological polar surface area (TPSA) is 73.5 Å². The summed E-state index contributed by atoms with van der Waals surface area (Å²) in [6.07, 6.45) is 5.00. The first-order valence-corrected chi connectivity index (χ1v) is 13.7. The maximum Gasteiger partial charge on any atom is 0.253 e. The summed E-state index contributed by atoms with van der Waals surface area (Å²) in [7, 11) is -3.54. The fraction of sp³-hybridized carbons (Fsp3) is 0.444. The van der Waals surface area contributed by atoms with E-state index in [-0.39, 0.29) is 10.8 Å². The SMILES string of the molecule is CC1CC(C)CN(S(=O)(=O)c2ccc(C(=O)N3CCC(c4c[nH]c5ccccc45)CC3)cc2)C1. The zero-order valence-electron chi connectivity index (χ0n) is 19.9. The number of H-pyrrole nitrogens is 1. The number of carbonyl (C=O) groups excluding carboxylic acids is 1. The predicted octanol–water partition coefficient (Wildman–Crippen LogP) is 4.85. The summed E-state index contributed by atoms with van der Waals surface area (Å²) in [5, 5.41) is 1.27. The molecule has 2 aliphatic heterocycles. The minimum absolute atomic E-state index is 0.0264. The molecule has 5 rings (SSSR count). The third kappa shape index (κ3) is 4.39. The Morgan fingerprint density at radius 3 is 2.26 bits per heavy atom. The van der Waals surface area contributed by atoms with Gasteiger partial charge in [-0.15, -0.1) is 0 Å². The molecule has 2 aromatic carbocycles. The van der Waals surface area contributed by atoms with Crippen molar-refractivity contribution >= 4 is 26.8 Å². The Kier molecular flexibility index (Phi) is 6.25. The van der Waals surface area contributed by atoms with Crippen LogP contribution in [0.2, 0.25) is 0 Å². The molecular formula is C27H33N3O3S. The molecule has 1 aromatic heterocycles. The maximum absolute atomic E-state index is 13.1. The molecule has 2 saturated heterocycles. The largest absolute Gasteiger partial charge is 0.361 e. The molecule has 34 heavy (non-hydrogen) atoms. The van der Waals surface area contributed by atoms with Crippen LogP contribution >= 0.6 is 0 Å². The van der Waals surface area contributed by atoms with Crippen LogP contribution in [0, 0.1) is 11.8 Å². The summed E-state index contributed by atoms with van der Waals surface area (Å²) in [4.78, 5) is 18.6. The highest BCUT2D eigenvalue weighted by molar-refractivity contribution is 7.89. The number of benzene rings is 2. The Hall–Kier alpha value is -2.64. The molecule has 2 atom stereocenters. The van der Waals surface area contributed by atoms with E-state index >= 15 is 0 Å². The van der Waals surface area contributed by atoms with E-state index in [4.69, 9.17) is 0 Å². The van der Waals surface area contributed by atoms with Crippen LogP contribution in [0.5, 0.6) is 0 Å². The number of carbonyl (C=O) groups is 1. The van der Waals surface area contributed by atoms with E-state index in [2.05, 4.69) is 43.2 Å². The Morgan fingerprint density at radius 2 is 1.59 bits per heavy atom. The third-order valence-electron chi connectivity index (χ3n) is 7.42. The Bertz CT molecular complexity index is 1260. The summed E-state index contributed by atoms with van der Waals surface area (Å²) in [6, 6.07) is 14.8. The molecule has 7 heteroatoms. The van der Waals surface area contributed by atoms with E-state index in [9.17, 15) is 13.2 Å². The van der Waals surface area contributed by atoms with Crippen molar-refractivity contribution in [3.8, 4) is 0 Å². The molecule has 0 spiro atoms. The number of aromatic nitrogens is 1. The second kappa shape index (κ2) is 9.19. The van der Waals surface area contributed by atoms with Gasteiger partial charge < -0.3 is 9.88 Å². The van der Waals surface area contributed by atoms with Crippen LogP contribution in [0.1, 0.15) is 54.9 Å². The number of amides is 1. The average Bonchev–Trinajstić information content (AvgIpc) is 3.27. The molecule has 0 radical (unpaired) electrons. The van der Waals surface area contributed by atoms with Crippen molar-refractivity contribution in [2.24, 2.45) is 11.8 Å². The zero-order chi connectivity index (χ0) is 23.9. The summed E-state index contributed by atoms with van der Waals surface area (Å²) in [6.45, 7) is 6.71. The number of nitrogens with one attached hydrogen (secondary N) is 1. The molecule has 0 saturated carbocycles. The molecule has 1 N–H and O–H groups in total. The molecule has 6 nitrogen and oxygen atoms in total. The average molecular weight is 480 g/mol. The number of piperidine rings is 2. The van der Waals surface area contributed by atoms with Crippen molar-refractivity contribution in [2.75, 3.05) is 26.2 Å². The van der Waals surface area contributed by atoms with Gasteiger partial charge in [0.15, 0.2) is 0 Å². The number of rotatable bonds is 4. The van der Waals surface area contributed by atoms with Gasteiger partial charge in [-0.3, -0.25) is 4.79 Å². The summed E-state index contributed by atoms with van der Waals surface area (Å²) < 4.78 is 27.9. The Morgan fingerprint density at radius 1 is 0.941 bits per heavy atom. The molecule has 0 bridgehead atoms. The molecule has 0 aliphatic carbocycles. The number of nitrogens with zero attached hydrogens (tertiary/aromatic N) is 2. The summed E-state index contributed by atoms with van der Waals surface area (Å²) >= 11 is 0. The molecule has 1 amide bonds. The van der Waals surface area contributed by atoms with Crippen LogP contribution < -0.4 is 0 Å². The van der Waals surface area contributed by atoms with Gasteiger partial charge in [0.05, 0.1) is 4.90 Å². The van der Waals surface area contributed by atoms with Crippen LogP contribution in [-0.2, 0) is 10.0 Å². The second-order valence-electron chi connectivity index (χ2n) is 10.1. The summed E-state index contributed by atoms with van der Waals surface area (Å²) in [5.74, 6) is 1.11. The lowest BCUT2D eigenvalue weighted by Gasteiger charge is -2.34. The third-order valence-corrected chi connectivity index (χ3v) is 9.26. The van der Waals surface area contributed by atoms with Gasteiger partial charge in [-0.25, -0.2) is 8.42 Å². The molecule has 3 aromatic rings. The number of sulfonamides is 1. The van der Waals surface area contributed by atoms with Gasteiger partial charge >= 0.3 is 0 Å². The van der Waals surface area contributed by atoms with E-state index in [0.717, 1.165) is 24.8 Å². The minimum Gasteiger partial charge on any atom is -0.361 e. The van der Waals surface area contributed by atoms with Crippen molar-refractivity contribution in [3.63, 3.8) is 0 Å². The normalized spacial score (nSPS) is 22.8. The van der Waals surface area contributed by atoms with Gasteiger partial charge in [-0.1, -0.05) is 32.0 Å². The number of fused-ring (bicyclic) bond motifs is 1. The smallest absolute Gasteiger partial charge is 0.253 e. The van der Waals surface area contributed by atoms with Crippen molar-refractivity contribution in [3.05, 3.63) is 65.9 Å².